The van der Waals surface area contributed by atoms with Crippen molar-refractivity contribution >= 4 is 49.5 Å². The van der Waals surface area contributed by atoms with Crippen LogP contribution in [-0.4, -0.2) is 35.8 Å². The van der Waals surface area contributed by atoms with Crippen molar-refractivity contribution in [3.8, 4) is 0 Å². The number of nitrogen functional groups attached to an aromatic ring is 1. The molecule has 170 valence electrons. The van der Waals surface area contributed by atoms with Gasteiger partial charge in [0.05, 0.1) is 4.90 Å². The first-order valence-electron chi connectivity index (χ1n) is 10.7. The summed E-state index contributed by atoms with van der Waals surface area (Å²) < 4.78 is 26.8. The van der Waals surface area contributed by atoms with E-state index in [0.717, 1.165) is 16.5 Å². The largest absolute Gasteiger partial charge is 0.393 e. The summed E-state index contributed by atoms with van der Waals surface area (Å²) in [5.74, 6) is 0.900. The SMILES string of the molecule is CCN(CC)S(=O)(=O)c1ccc(Nc2ncnc(Nc3cccc4ccccc34)c2N)cc1. The predicted octanol–water partition coefficient (Wildman–Crippen LogP) is 4.73. The number of nitrogens with two attached hydrogens (primary N) is 1. The lowest BCUT2D eigenvalue weighted by atomic mass is 10.1. The molecule has 0 atom stereocenters. The third kappa shape index (κ3) is 4.59. The van der Waals surface area contributed by atoms with Gasteiger partial charge in [-0.05, 0) is 35.7 Å². The van der Waals surface area contributed by atoms with Crippen LogP contribution in [0.15, 0.2) is 78.0 Å². The highest BCUT2D eigenvalue weighted by molar-refractivity contribution is 7.89. The van der Waals surface area contributed by atoms with Crippen LogP contribution in [0.4, 0.5) is 28.7 Å². The first-order valence-corrected chi connectivity index (χ1v) is 12.1. The molecular formula is C24H26N6O2S. The topological polar surface area (TPSA) is 113 Å². The van der Waals surface area contributed by atoms with Crippen LogP contribution in [0.1, 0.15) is 13.8 Å². The highest BCUT2D eigenvalue weighted by Crippen LogP contribution is 2.31. The van der Waals surface area contributed by atoms with E-state index in [9.17, 15) is 8.42 Å². The molecule has 0 aliphatic heterocycles. The number of fused-ring (bicyclic) bond motifs is 1. The van der Waals surface area contributed by atoms with Gasteiger partial charge in [0, 0.05) is 29.9 Å². The van der Waals surface area contributed by atoms with Crippen molar-refractivity contribution in [2.45, 2.75) is 18.7 Å². The quantitative estimate of drug-likeness (QED) is 0.347. The minimum absolute atomic E-state index is 0.241. The van der Waals surface area contributed by atoms with Crippen LogP contribution < -0.4 is 16.4 Å². The average molecular weight is 463 g/mol. The first-order chi connectivity index (χ1) is 15.9. The molecule has 0 radical (unpaired) electrons. The van der Waals surface area contributed by atoms with Gasteiger partial charge in [-0.3, -0.25) is 0 Å². The normalized spacial score (nSPS) is 11.6. The second-order valence-electron chi connectivity index (χ2n) is 7.37. The van der Waals surface area contributed by atoms with Gasteiger partial charge in [-0.1, -0.05) is 50.2 Å². The molecule has 8 nitrogen and oxygen atoms in total. The molecule has 0 saturated carbocycles. The van der Waals surface area contributed by atoms with Gasteiger partial charge in [0.2, 0.25) is 10.0 Å². The zero-order valence-electron chi connectivity index (χ0n) is 18.5. The first kappa shape index (κ1) is 22.5. The number of sulfonamides is 1. The van der Waals surface area contributed by atoms with E-state index in [-0.39, 0.29) is 4.90 Å². The van der Waals surface area contributed by atoms with Crippen molar-refractivity contribution in [1.29, 1.82) is 0 Å². The van der Waals surface area contributed by atoms with Crippen LogP contribution in [0.5, 0.6) is 0 Å². The number of nitrogens with zero attached hydrogens (tertiary/aromatic N) is 3. The van der Waals surface area contributed by atoms with Crippen LogP contribution in [0.25, 0.3) is 10.8 Å². The Hall–Kier alpha value is -3.69. The smallest absolute Gasteiger partial charge is 0.243 e. The molecule has 0 amide bonds. The van der Waals surface area contributed by atoms with Crippen LogP contribution >= 0.6 is 0 Å². The standard InChI is InChI=1S/C24H26N6O2S/c1-3-30(4-2)33(31,32)19-14-12-18(13-15-19)28-23-22(25)24(27-16-26-23)29-21-11-7-9-17-8-5-6-10-20(17)21/h5-16H,3-4,25H2,1-2H3,(H2,26,27,28,29). The fourth-order valence-corrected chi connectivity index (χ4v) is 5.07. The Kier molecular flexibility index (Phi) is 6.43. The second-order valence-corrected chi connectivity index (χ2v) is 9.31. The molecule has 3 aromatic carbocycles. The number of anilines is 5. The Morgan fingerprint density at radius 3 is 2.18 bits per heavy atom. The summed E-state index contributed by atoms with van der Waals surface area (Å²) in [6.07, 6.45) is 1.42. The van der Waals surface area contributed by atoms with E-state index in [4.69, 9.17) is 5.73 Å². The molecule has 9 heteroatoms. The molecule has 4 aromatic rings. The Morgan fingerprint density at radius 2 is 1.48 bits per heavy atom. The van der Waals surface area contributed by atoms with Gasteiger partial charge in [-0.2, -0.15) is 4.31 Å². The van der Waals surface area contributed by atoms with Crippen LogP contribution in [0, 0.1) is 0 Å². The van der Waals surface area contributed by atoms with Crippen molar-refractivity contribution in [3.63, 3.8) is 0 Å². The molecule has 0 unspecified atom stereocenters. The maximum absolute atomic E-state index is 12.7. The molecule has 0 aliphatic rings. The van der Waals surface area contributed by atoms with E-state index < -0.39 is 10.0 Å². The van der Waals surface area contributed by atoms with E-state index in [1.807, 2.05) is 56.3 Å². The fraction of sp³-hybridized carbons (Fsp3) is 0.167. The molecule has 1 aromatic heterocycles. The van der Waals surface area contributed by atoms with Crippen molar-refractivity contribution in [2.75, 3.05) is 29.5 Å². The van der Waals surface area contributed by atoms with Gasteiger partial charge < -0.3 is 16.4 Å². The molecule has 4 rings (SSSR count). The summed E-state index contributed by atoms with van der Waals surface area (Å²) in [6.45, 7) is 4.48. The number of benzene rings is 3. The van der Waals surface area contributed by atoms with Gasteiger partial charge >= 0.3 is 0 Å². The average Bonchev–Trinajstić information content (AvgIpc) is 2.83. The predicted molar refractivity (Wildman–Crippen MR) is 134 cm³/mol. The fourth-order valence-electron chi connectivity index (χ4n) is 3.62. The summed E-state index contributed by atoms with van der Waals surface area (Å²) in [7, 11) is -3.51. The zero-order chi connectivity index (χ0) is 23.4. The monoisotopic (exact) mass is 462 g/mol. The molecule has 0 fully saturated rings. The van der Waals surface area contributed by atoms with Gasteiger partial charge in [0.15, 0.2) is 11.6 Å². The van der Waals surface area contributed by atoms with Crippen LogP contribution in [-0.2, 0) is 10.0 Å². The van der Waals surface area contributed by atoms with Crippen molar-refractivity contribution < 1.29 is 8.42 Å². The minimum Gasteiger partial charge on any atom is -0.393 e. The Labute approximate surface area is 193 Å². The van der Waals surface area contributed by atoms with E-state index in [1.54, 1.807) is 24.3 Å². The third-order valence-electron chi connectivity index (χ3n) is 5.39. The number of rotatable bonds is 8. The van der Waals surface area contributed by atoms with Gasteiger partial charge in [-0.25, -0.2) is 18.4 Å². The van der Waals surface area contributed by atoms with Gasteiger partial charge in [0.1, 0.15) is 12.0 Å². The lowest BCUT2D eigenvalue weighted by Crippen LogP contribution is -2.30. The highest BCUT2D eigenvalue weighted by atomic mass is 32.2. The van der Waals surface area contributed by atoms with Gasteiger partial charge in [-0.15, -0.1) is 0 Å². The summed E-state index contributed by atoms with van der Waals surface area (Å²) >= 11 is 0. The molecule has 0 spiro atoms. The van der Waals surface area contributed by atoms with Gasteiger partial charge in [0.25, 0.3) is 0 Å². The summed E-state index contributed by atoms with van der Waals surface area (Å²) in [5.41, 5.74) is 8.24. The molecule has 1 heterocycles. The maximum atomic E-state index is 12.7. The molecule has 0 bridgehead atoms. The summed E-state index contributed by atoms with van der Waals surface area (Å²) in [4.78, 5) is 8.79. The van der Waals surface area contributed by atoms with E-state index in [2.05, 4.69) is 20.6 Å². The highest BCUT2D eigenvalue weighted by Gasteiger charge is 2.21. The number of aromatic nitrogens is 2. The molecule has 4 N–H and O–H groups in total. The molecular weight excluding hydrogens is 436 g/mol. The van der Waals surface area contributed by atoms with E-state index in [0.29, 0.717) is 36.1 Å². The third-order valence-corrected chi connectivity index (χ3v) is 7.45. The number of hydrogen-bond donors (Lipinski definition) is 3. The van der Waals surface area contributed by atoms with Crippen molar-refractivity contribution in [2.24, 2.45) is 0 Å². The minimum atomic E-state index is -3.51. The summed E-state index contributed by atoms with van der Waals surface area (Å²) in [5, 5.41) is 8.60. The van der Waals surface area contributed by atoms with Crippen molar-refractivity contribution in [1.82, 2.24) is 14.3 Å². The Bertz CT molecular complexity index is 1360. The molecule has 0 saturated heterocycles. The van der Waals surface area contributed by atoms with Crippen LogP contribution in [0.2, 0.25) is 0 Å². The lowest BCUT2D eigenvalue weighted by Gasteiger charge is -2.18. The van der Waals surface area contributed by atoms with Crippen LogP contribution in [0.3, 0.4) is 0 Å². The van der Waals surface area contributed by atoms with Crippen molar-refractivity contribution in [3.05, 3.63) is 73.1 Å². The second kappa shape index (κ2) is 9.43. The number of hydrogen-bond acceptors (Lipinski definition) is 7. The van der Waals surface area contributed by atoms with E-state index >= 15 is 0 Å². The molecule has 33 heavy (non-hydrogen) atoms. The molecule has 0 aliphatic carbocycles. The number of nitrogens with one attached hydrogen (secondary N) is 2. The lowest BCUT2D eigenvalue weighted by molar-refractivity contribution is 0.445. The summed E-state index contributed by atoms with van der Waals surface area (Å²) in [6, 6.07) is 20.5. The maximum Gasteiger partial charge on any atom is 0.243 e. The zero-order valence-corrected chi connectivity index (χ0v) is 19.3. The van der Waals surface area contributed by atoms with E-state index in [1.165, 1.54) is 10.6 Å². The Morgan fingerprint density at radius 1 is 0.848 bits per heavy atom. The Balaban J connectivity index is 1.57.